The maximum atomic E-state index is 14.1. The molecule has 0 bridgehead atoms. The van der Waals surface area contributed by atoms with Crippen molar-refractivity contribution in [1.82, 2.24) is 9.78 Å². The van der Waals surface area contributed by atoms with Crippen molar-refractivity contribution in [3.05, 3.63) is 35.3 Å². The van der Waals surface area contributed by atoms with E-state index in [1.54, 1.807) is 13.8 Å². The number of nitrogens with two attached hydrogens (primary N) is 1. The smallest absolute Gasteiger partial charge is 0.436 e. The van der Waals surface area contributed by atoms with Crippen molar-refractivity contribution in [3.63, 3.8) is 0 Å². The number of primary sulfonamides is 1. The van der Waals surface area contributed by atoms with Gasteiger partial charge in [0.05, 0.1) is 12.3 Å². The number of hydrogen-bond acceptors (Lipinski definition) is 5. The molecule has 0 aliphatic rings. The van der Waals surface area contributed by atoms with Crippen LogP contribution in [0.5, 0.6) is 5.88 Å². The zero-order valence-corrected chi connectivity index (χ0v) is 14.9. The Bertz CT molecular complexity index is 968. The summed E-state index contributed by atoms with van der Waals surface area (Å²) in [5, 5.41) is 8.18. The van der Waals surface area contributed by atoms with Gasteiger partial charge in [0.25, 0.3) is 0 Å². The molecule has 1 aromatic heterocycles. The maximum absolute atomic E-state index is 14.1. The summed E-state index contributed by atoms with van der Waals surface area (Å²) in [5.74, 6) is -1.92. The first kappa shape index (κ1) is 20.8. The Morgan fingerprint density at radius 1 is 1.33 bits per heavy atom. The van der Waals surface area contributed by atoms with Gasteiger partial charge in [0.15, 0.2) is 12.0 Å². The number of ether oxygens (including phenoxy) is 1. The van der Waals surface area contributed by atoms with Gasteiger partial charge >= 0.3 is 6.18 Å². The summed E-state index contributed by atoms with van der Waals surface area (Å²) < 4.78 is 82.1. The molecule has 0 spiro atoms. The number of halogens is 4. The van der Waals surface area contributed by atoms with Crippen molar-refractivity contribution in [2.24, 2.45) is 11.1 Å². The standard InChI is InChI=1S/C15H15F4N3O4S/c1-8(2)7-26-14-10(6-23)13(15(17,18)19)21-22(14)9-3-4-12(11(16)5-9)27(20,24)25/h3-6,8H,7H2,1-2H3,(H2,20,24,25). The van der Waals surface area contributed by atoms with Crippen LogP contribution in [-0.2, 0) is 16.2 Å². The van der Waals surface area contributed by atoms with Crippen molar-refractivity contribution in [2.45, 2.75) is 24.9 Å². The predicted molar refractivity (Wildman–Crippen MR) is 85.6 cm³/mol. The molecular formula is C15H15F4N3O4S. The highest BCUT2D eigenvalue weighted by molar-refractivity contribution is 7.89. The van der Waals surface area contributed by atoms with Crippen LogP contribution in [0.2, 0.25) is 0 Å². The second-order valence-electron chi connectivity index (χ2n) is 5.96. The molecule has 0 aliphatic heterocycles. The SMILES string of the molecule is CC(C)COc1c(C=O)c(C(F)(F)F)nn1-c1ccc(S(N)(=O)=O)c(F)c1. The van der Waals surface area contributed by atoms with Crippen molar-refractivity contribution in [3.8, 4) is 11.6 Å². The fraction of sp³-hybridized carbons (Fsp3) is 0.333. The van der Waals surface area contributed by atoms with Gasteiger partial charge in [-0.15, -0.1) is 0 Å². The number of rotatable bonds is 6. The van der Waals surface area contributed by atoms with E-state index >= 15 is 0 Å². The monoisotopic (exact) mass is 409 g/mol. The number of benzene rings is 1. The van der Waals surface area contributed by atoms with Crippen LogP contribution in [0, 0.1) is 11.7 Å². The van der Waals surface area contributed by atoms with E-state index < -0.39 is 44.0 Å². The molecule has 0 unspecified atom stereocenters. The first-order valence-corrected chi connectivity index (χ1v) is 9.01. The molecule has 1 heterocycles. The normalized spacial score (nSPS) is 12.4. The van der Waals surface area contributed by atoms with Gasteiger partial charge in [-0.2, -0.15) is 23.0 Å². The van der Waals surface area contributed by atoms with Gasteiger partial charge in [0.1, 0.15) is 16.3 Å². The van der Waals surface area contributed by atoms with Gasteiger partial charge in [-0.1, -0.05) is 13.8 Å². The minimum Gasteiger partial charge on any atom is -0.477 e. The van der Waals surface area contributed by atoms with Crippen molar-refractivity contribution in [2.75, 3.05) is 6.61 Å². The number of carbonyl (C=O) groups excluding carboxylic acids is 1. The summed E-state index contributed by atoms with van der Waals surface area (Å²) >= 11 is 0. The molecule has 27 heavy (non-hydrogen) atoms. The molecular weight excluding hydrogens is 394 g/mol. The lowest BCUT2D eigenvalue weighted by Gasteiger charge is -2.12. The van der Waals surface area contributed by atoms with E-state index in [9.17, 15) is 30.8 Å². The number of hydrogen-bond donors (Lipinski definition) is 1. The lowest BCUT2D eigenvalue weighted by Crippen LogP contribution is -2.15. The number of sulfonamides is 1. The Balaban J connectivity index is 2.69. The van der Waals surface area contributed by atoms with E-state index in [2.05, 4.69) is 5.10 Å². The van der Waals surface area contributed by atoms with Crippen LogP contribution in [0.25, 0.3) is 5.69 Å². The molecule has 2 aromatic rings. The lowest BCUT2D eigenvalue weighted by molar-refractivity contribution is -0.141. The van der Waals surface area contributed by atoms with Gasteiger partial charge in [-0.05, 0) is 18.1 Å². The third-order valence-electron chi connectivity index (χ3n) is 3.28. The van der Waals surface area contributed by atoms with Crippen molar-refractivity contribution < 1.29 is 35.5 Å². The number of alkyl halides is 3. The molecule has 1 aromatic carbocycles. The summed E-state index contributed by atoms with van der Waals surface area (Å²) in [6, 6.07) is 2.40. The second kappa shape index (κ2) is 7.27. The topological polar surface area (TPSA) is 104 Å². The van der Waals surface area contributed by atoms with E-state index in [0.29, 0.717) is 10.7 Å². The Kier molecular flexibility index (Phi) is 5.61. The summed E-state index contributed by atoms with van der Waals surface area (Å²) in [6.45, 7) is 3.42. The Morgan fingerprint density at radius 2 is 1.96 bits per heavy atom. The first-order valence-electron chi connectivity index (χ1n) is 7.47. The summed E-state index contributed by atoms with van der Waals surface area (Å²) in [7, 11) is -4.37. The van der Waals surface area contributed by atoms with Crippen LogP contribution in [0.1, 0.15) is 29.9 Å². The van der Waals surface area contributed by atoms with Crippen LogP contribution in [0.15, 0.2) is 23.1 Å². The largest absolute Gasteiger partial charge is 0.477 e. The van der Waals surface area contributed by atoms with Gasteiger partial charge in [-0.3, -0.25) is 4.79 Å². The highest BCUT2D eigenvalue weighted by Crippen LogP contribution is 2.36. The van der Waals surface area contributed by atoms with Crippen molar-refractivity contribution >= 4 is 16.3 Å². The Hall–Kier alpha value is -2.47. The van der Waals surface area contributed by atoms with E-state index in [4.69, 9.17) is 9.88 Å². The average molecular weight is 409 g/mol. The molecule has 0 saturated heterocycles. The van der Waals surface area contributed by atoms with Gasteiger partial charge in [0, 0.05) is 6.07 Å². The molecule has 0 radical (unpaired) electrons. The van der Waals surface area contributed by atoms with E-state index in [0.717, 1.165) is 12.1 Å². The summed E-state index contributed by atoms with van der Waals surface area (Å²) in [4.78, 5) is 10.4. The molecule has 0 aliphatic carbocycles. The molecule has 0 amide bonds. The van der Waals surface area contributed by atoms with Crippen LogP contribution in [0.4, 0.5) is 17.6 Å². The quantitative estimate of drug-likeness (QED) is 0.583. The minimum absolute atomic E-state index is 0.0401. The molecule has 148 valence electrons. The molecule has 2 rings (SSSR count). The van der Waals surface area contributed by atoms with Crippen molar-refractivity contribution in [1.29, 1.82) is 0 Å². The number of carbonyl (C=O) groups is 1. The number of nitrogens with zero attached hydrogens (tertiary/aromatic N) is 2. The molecule has 12 heteroatoms. The minimum atomic E-state index is -4.96. The average Bonchev–Trinajstić information content (AvgIpc) is 2.90. The third-order valence-corrected chi connectivity index (χ3v) is 4.23. The van der Waals surface area contributed by atoms with Gasteiger partial charge in [-0.25, -0.2) is 17.9 Å². The zero-order chi connectivity index (χ0) is 20.6. The van der Waals surface area contributed by atoms with Gasteiger partial charge < -0.3 is 4.74 Å². The van der Waals surface area contributed by atoms with Crippen LogP contribution in [0.3, 0.4) is 0 Å². The van der Waals surface area contributed by atoms with E-state index in [1.807, 2.05) is 0 Å². The summed E-state index contributed by atoms with van der Waals surface area (Å²) in [5.41, 5.74) is -2.64. The number of aromatic nitrogens is 2. The fourth-order valence-corrected chi connectivity index (χ4v) is 2.73. The lowest BCUT2D eigenvalue weighted by atomic mass is 10.2. The Morgan fingerprint density at radius 3 is 2.41 bits per heavy atom. The van der Waals surface area contributed by atoms with E-state index in [1.165, 1.54) is 0 Å². The number of aldehydes is 1. The zero-order valence-electron chi connectivity index (χ0n) is 14.1. The highest BCUT2D eigenvalue weighted by Gasteiger charge is 2.40. The van der Waals surface area contributed by atoms with Crippen LogP contribution < -0.4 is 9.88 Å². The molecule has 0 atom stereocenters. The maximum Gasteiger partial charge on any atom is 0.436 e. The predicted octanol–water partition coefficient (Wildman–Crippen LogP) is 2.52. The fourth-order valence-electron chi connectivity index (χ4n) is 2.14. The second-order valence-corrected chi connectivity index (χ2v) is 7.49. The summed E-state index contributed by atoms with van der Waals surface area (Å²) in [6.07, 6.45) is -5.02. The van der Waals surface area contributed by atoms with E-state index in [-0.39, 0.29) is 24.5 Å². The van der Waals surface area contributed by atoms with Crippen LogP contribution in [-0.4, -0.2) is 31.1 Å². The van der Waals surface area contributed by atoms with Crippen LogP contribution >= 0.6 is 0 Å². The highest BCUT2D eigenvalue weighted by atomic mass is 32.2. The molecule has 0 saturated carbocycles. The molecule has 0 fully saturated rings. The van der Waals surface area contributed by atoms with Gasteiger partial charge in [0.2, 0.25) is 15.9 Å². The molecule has 2 N–H and O–H groups in total. The molecule has 7 nitrogen and oxygen atoms in total. The third kappa shape index (κ3) is 4.45. The Labute approximate surface area is 151 Å². The first-order chi connectivity index (χ1) is 12.4.